The summed E-state index contributed by atoms with van der Waals surface area (Å²) in [6.45, 7) is 1.94. The van der Waals surface area contributed by atoms with E-state index in [1.165, 1.54) is 24.9 Å². The van der Waals surface area contributed by atoms with Crippen LogP contribution in [-0.2, 0) is 17.1 Å². The third kappa shape index (κ3) is 5.20. The summed E-state index contributed by atoms with van der Waals surface area (Å²) < 4.78 is 6.83. The highest BCUT2D eigenvalue weighted by molar-refractivity contribution is 7.98. The van der Waals surface area contributed by atoms with Gasteiger partial charge >= 0.3 is 0 Å². The second-order valence-electron chi connectivity index (χ2n) is 6.01. The fourth-order valence-corrected chi connectivity index (χ4v) is 3.40. The van der Waals surface area contributed by atoms with Crippen molar-refractivity contribution < 1.29 is 9.53 Å². The van der Waals surface area contributed by atoms with E-state index < -0.39 is 0 Å². The SMILES string of the molecule is COc1cn(CC(=O)Nc2ccccc2)c(CSc2nccc(C)n2)cc1=O. The van der Waals surface area contributed by atoms with Gasteiger partial charge in [-0.3, -0.25) is 9.59 Å². The summed E-state index contributed by atoms with van der Waals surface area (Å²) in [5.74, 6) is 0.435. The molecule has 0 radical (unpaired) electrons. The van der Waals surface area contributed by atoms with Crippen LogP contribution in [0.5, 0.6) is 5.75 Å². The first kappa shape index (κ1) is 19.6. The first-order valence-electron chi connectivity index (χ1n) is 8.60. The Kier molecular flexibility index (Phi) is 6.44. The molecule has 0 spiro atoms. The van der Waals surface area contributed by atoms with E-state index in [2.05, 4.69) is 15.3 Å². The molecule has 3 aromatic rings. The number of methoxy groups -OCH3 is 1. The summed E-state index contributed by atoms with van der Waals surface area (Å²) in [7, 11) is 1.43. The summed E-state index contributed by atoms with van der Waals surface area (Å²) in [5, 5.41) is 3.46. The maximum atomic E-state index is 12.5. The largest absolute Gasteiger partial charge is 0.491 e. The molecule has 2 aromatic heterocycles. The number of carbonyl (C=O) groups is 1. The number of para-hydroxylation sites is 1. The van der Waals surface area contributed by atoms with Gasteiger partial charge in [0.05, 0.1) is 13.3 Å². The van der Waals surface area contributed by atoms with Crippen molar-refractivity contribution in [2.75, 3.05) is 12.4 Å². The Labute approximate surface area is 166 Å². The molecule has 0 aliphatic rings. The van der Waals surface area contributed by atoms with Crippen molar-refractivity contribution >= 4 is 23.4 Å². The number of thioether (sulfide) groups is 1. The number of nitrogens with one attached hydrogen (secondary N) is 1. The van der Waals surface area contributed by atoms with Crippen LogP contribution in [0.15, 0.2) is 64.8 Å². The minimum absolute atomic E-state index is 0.0517. The van der Waals surface area contributed by atoms with Gasteiger partial charge in [-0.05, 0) is 25.1 Å². The van der Waals surface area contributed by atoms with Gasteiger partial charge in [-0.2, -0.15) is 0 Å². The number of anilines is 1. The number of pyridine rings is 1. The van der Waals surface area contributed by atoms with E-state index in [0.717, 1.165) is 5.69 Å². The van der Waals surface area contributed by atoms with E-state index in [0.29, 0.717) is 22.3 Å². The van der Waals surface area contributed by atoms with E-state index in [1.54, 1.807) is 17.0 Å². The van der Waals surface area contributed by atoms with E-state index >= 15 is 0 Å². The molecular formula is C20H20N4O3S. The van der Waals surface area contributed by atoms with Gasteiger partial charge in [0.2, 0.25) is 11.3 Å². The molecule has 28 heavy (non-hydrogen) atoms. The van der Waals surface area contributed by atoms with Crippen molar-refractivity contribution in [1.29, 1.82) is 0 Å². The van der Waals surface area contributed by atoms with Gasteiger partial charge < -0.3 is 14.6 Å². The second kappa shape index (κ2) is 9.18. The van der Waals surface area contributed by atoms with Crippen LogP contribution < -0.4 is 15.5 Å². The zero-order valence-electron chi connectivity index (χ0n) is 15.6. The summed E-state index contributed by atoms with van der Waals surface area (Å²) >= 11 is 1.40. The Balaban J connectivity index is 1.79. The molecule has 0 aliphatic carbocycles. The van der Waals surface area contributed by atoms with Gasteiger partial charge in [0.1, 0.15) is 6.54 Å². The number of amides is 1. The number of rotatable bonds is 7. The number of hydrogen-bond donors (Lipinski definition) is 1. The number of aromatic nitrogens is 3. The molecule has 0 bridgehead atoms. The van der Waals surface area contributed by atoms with Gasteiger partial charge in [0.25, 0.3) is 0 Å². The van der Waals surface area contributed by atoms with Crippen LogP contribution in [0.3, 0.4) is 0 Å². The van der Waals surface area contributed by atoms with Gasteiger partial charge in [-0.25, -0.2) is 9.97 Å². The van der Waals surface area contributed by atoms with Crippen molar-refractivity contribution in [2.24, 2.45) is 0 Å². The molecule has 0 fully saturated rings. The summed E-state index contributed by atoms with van der Waals surface area (Å²) in [5.41, 5.74) is 2.03. The molecular weight excluding hydrogens is 376 g/mol. The standard InChI is InChI=1S/C20H20N4O3S/c1-14-8-9-21-20(22-14)28-13-16-10-17(25)18(27-2)11-24(16)12-19(26)23-15-6-4-3-5-7-15/h3-11H,12-13H2,1-2H3,(H,23,26). The molecule has 1 amide bonds. The lowest BCUT2D eigenvalue weighted by Crippen LogP contribution is -2.22. The quantitative estimate of drug-likeness (QED) is 0.488. The van der Waals surface area contributed by atoms with Crippen LogP contribution in [0, 0.1) is 6.92 Å². The maximum absolute atomic E-state index is 12.5. The van der Waals surface area contributed by atoms with Crippen molar-refractivity contribution in [1.82, 2.24) is 14.5 Å². The normalized spacial score (nSPS) is 10.5. The van der Waals surface area contributed by atoms with Crippen LogP contribution in [-0.4, -0.2) is 27.6 Å². The van der Waals surface area contributed by atoms with E-state index in [9.17, 15) is 9.59 Å². The second-order valence-corrected chi connectivity index (χ2v) is 6.95. The van der Waals surface area contributed by atoms with Crippen molar-refractivity contribution in [3.8, 4) is 5.75 Å². The lowest BCUT2D eigenvalue weighted by Gasteiger charge is -2.14. The highest BCUT2D eigenvalue weighted by Gasteiger charge is 2.12. The third-order valence-electron chi connectivity index (χ3n) is 3.90. The number of ether oxygens (including phenoxy) is 1. The van der Waals surface area contributed by atoms with E-state index in [-0.39, 0.29) is 23.6 Å². The number of nitrogens with zero attached hydrogens (tertiary/aromatic N) is 3. The number of hydrogen-bond acceptors (Lipinski definition) is 6. The highest BCUT2D eigenvalue weighted by Crippen LogP contribution is 2.20. The van der Waals surface area contributed by atoms with Crippen LogP contribution >= 0.6 is 11.8 Å². The Morgan fingerprint density at radius 2 is 2.04 bits per heavy atom. The summed E-state index contributed by atoms with van der Waals surface area (Å²) in [4.78, 5) is 33.2. The van der Waals surface area contributed by atoms with Gasteiger partial charge in [-0.1, -0.05) is 30.0 Å². The fourth-order valence-electron chi connectivity index (χ4n) is 2.53. The molecule has 1 N–H and O–H groups in total. The molecule has 7 nitrogen and oxygen atoms in total. The van der Waals surface area contributed by atoms with Crippen LogP contribution in [0.2, 0.25) is 0 Å². The summed E-state index contributed by atoms with van der Waals surface area (Å²) in [6.07, 6.45) is 3.25. The smallest absolute Gasteiger partial charge is 0.244 e. The summed E-state index contributed by atoms with van der Waals surface area (Å²) in [6, 6.07) is 12.5. The van der Waals surface area contributed by atoms with E-state index in [4.69, 9.17) is 4.74 Å². The third-order valence-corrected chi connectivity index (χ3v) is 4.79. The zero-order chi connectivity index (χ0) is 19.9. The maximum Gasteiger partial charge on any atom is 0.244 e. The fraction of sp³-hybridized carbons (Fsp3) is 0.200. The Morgan fingerprint density at radius 3 is 2.75 bits per heavy atom. The molecule has 0 saturated carbocycles. The topological polar surface area (TPSA) is 86.1 Å². The molecule has 0 atom stereocenters. The predicted molar refractivity (Wildman–Crippen MR) is 109 cm³/mol. The van der Waals surface area contributed by atoms with Crippen LogP contribution in [0.4, 0.5) is 5.69 Å². The van der Waals surface area contributed by atoms with Gasteiger partial charge in [0, 0.05) is 35.1 Å². The van der Waals surface area contributed by atoms with Gasteiger partial charge in [0.15, 0.2) is 10.9 Å². The van der Waals surface area contributed by atoms with Crippen molar-refractivity contribution in [3.05, 3.63) is 76.5 Å². The highest BCUT2D eigenvalue weighted by atomic mass is 32.2. The molecule has 1 aromatic carbocycles. The molecule has 2 heterocycles. The van der Waals surface area contributed by atoms with Crippen LogP contribution in [0.25, 0.3) is 0 Å². The number of aryl methyl sites for hydroxylation is 1. The van der Waals surface area contributed by atoms with Gasteiger partial charge in [-0.15, -0.1) is 0 Å². The van der Waals surface area contributed by atoms with Crippen molar-refractivity contribution in [2.45, 2.75) is 24.4 Å². The molecule has 0 unspecified atom stereocenters. The van der Waals surface area contributed by atoms with Crippen LogP contribution in [0.1, 0.15) is 11.4 Å². The molecule has 0 aliphatic heterocycles. The monoisotopic (exact) mass is 396 g/mol. The lowest BCUT2D eigenvalue weighted by atomic mass is 10.3. The molecule has 8 heteroatoms. The first-order chi connectivity index (χ1) is 13.5. The molecule has 144 valence electrons. The average molecular weight is 396 g/mol. The zero-order valence-corrected chi connectivity index (χ0v) is 16.4. The van der Waals surface area contributed by atoms with Crippen molar-refractivity contribution in [3.63, 3.8) is 0 Å². The Hall–Kier alpha value is -3.13. The predicted octanol–water partition coefficient (Wildman–Crippen LogP) is 2.89. The minimum atomic E-state index is -0.233. The van der Waals surface area contributed by atoms with E-state index in [1.807, 2.05) is 43.3 Å². The number of carbonyl (C=O) groups excluding carboxylic acids is 1. The Morgan fingerprint density at radius 1 is 1.25 bits per heavy atom. The first-order valence-corrected chi connectivity index (χ1v) is 9.58. The lowest BCUT2D eigenvalue weighted by molar-refractivity contribution is -0.116. The molecule has 0 saturated heterocycles. The number of benzene rings is 1. The average Bonchev–Trinajstić information content (AvgIpc) is 2.68. The Bertz CT molecular complexity index is 1020. The molecule has 3 rings (SSSR count). The minimum Gasteiger partial charge on any atom is -0.491 e.